The number of benzene rings is 3. The molecule has 0 spiro atoms. The van der Waals surface area contributed by atoms with Gasteiger partial charge in [-0.1, -0.05) is 110 Å². The number of anilines is 1. The predicted molar refractivity (Wildman–Crippen MR) is 403 cm³/mol. The minimum Gasteiger partial charge on any atom is -0.445 e. The summed E-state index contributed by atoms with van der Waals surface area (Å²) in [5, 5.41) is 13.7. The third kappa shape index (κ3) is 25.2. The number of alkyl carbamates (subject to hydrolysis) is 1. The number of primary amides is 1. The third-order valence-electron chi connectivity index (χ3n) is 19.9. The molecule has 6 N–H and O–H groups in total. The first-order valence-electron chi connectivity index (χ1n) is 36.2. The average molecular weight is 1500 g/mol. The summed E-state index contributed by atoms with van der Waals surface area (Å²) in [6, 6.07) is 18.9. The minimum absolute atomic E-state index is 0.00469. The van der Waals surface area contributed by atoms with E-state index in [1.165, 1.54) is 18.4 Å². The molecule has 6 rings (SSSR count). The lowest BCUT2D eigenvalue weighted by molar-refractivity contribution is -0.149. The molecule has 10 atom stereocenters. The number of unbranched alkanes of at least 4 members (excludes halogenated alkanes) is 3. The smallest absolute Gasteiger partial charge is 0.408 e. The molecule has 3 heterocycles. The van der Waals surface area contributed by atoms with Crippen LogP contribution in [0.25, 0.3) is 10.2 Å². The second kappa shape index (κ2) is 40.6. The second-order valence-electron chi connectivity index (χ2n) is 28.9. The lowest BCUT2D eigenvalue weighted by Crippen LogP contribution is -2.55. The molecule has 570 valence electrons. The number of amides is 7. The van der Waals surface area contributed by atoms with Crippen LogP contribution >= 0.6 is 22.7 Å². The number of ketones is 4. The lowest BCUT2D eigenvalue weighted by Gasteiger charge is -2.41. The monoisotopic (exact) mass is 1500 g/mol. The number of rotatable bonds is 44. The van der Waals surface area contributed by atoms with Gasteiger partial charge in [-0.15, -0.1) is 22.7 Å². The number of carbonyl (C=O) groups excluding carboxylic acids is 10. The second-order valence-corrected chi connectivity index (χ2v) is 33.0. The highest BCUT2D eigenvalue weighted by Gasteiger charge is 2.44. The number of likely N-dealkylation sites (N-methyl/N-ethyl adjacent to an activating group) is 1. The van der Waals surface area contributed by atoms with Crippen LogP contribution in [0.4, 0.5) is 15.3 Å². The first-order valence-corrected chi connectivity index (χ1v) is 39.8. The van der Waals surface area contributed by atoms with Gasteiger partial charge in [0.2, 0.25) is 37.8 Å². The number of sulfone groups is 1. The number of hydrogen-bond donors (Lipinski definition) is 5. The standard InChI is InChI=1S/C77H109N9O15S3/c1-14-49(6)69(63(99-11)45-67(92)86-38-23-27-59(86)70(100-12)50(7)61(88)42-55(72-79-37-39-102-72)40-51-24-18-17-19-25-51)85(10)73(94)57(47(2)3)44-65(90)77(8,9)84-75(96)101-46-52-30-33-56(34-31-52)81-71(93)54(26-22-36-80-74(78)95)41-62(89)68(48(4)5)83-66(91)29-21-16-15-20-28-60(87)53-32-35-58-64(43-53)103-76(82-58)104(13,97)98/h17-19,24-25,30-35,37,39,43,47-50,54-55,57,59,63,68-70H,14-16,20-23,26-29,36,38,40-42,44-46H2,1-13H3,(H,81,93)(H,83,91)(H,84,96)(H3,78,80,95)/t49-,50-,54+,55+,57-,59-,63+,68-,69-,70+/m0/s1. The first kappa shape index (κ1) is 85.1. The Morgan fingerprint density at radius 2 is 1.50 bits per heavy atom. The van der Waals surface area contributed by atoms with E-state index in [-0.39, 0.29) is 127 Å². The summed E-state index contributed by atoms with van der Waals surface area (Å²) in [7, 11) is 1.32. The normalized spacial score (nSPS) is 16.0. The molecule has 7 amide bonds. The van der Waals surface area contributed by atoms with E-state index in [4.69, 9.17) is 19.9 Å². The quantitative estimate of drug-likeness (QED) is 0.0179. The summed E-state index contributed by atoms with van der Waals surface area (Å²) in [5.41, 5.74) is 6.82. The molecule has 2 aromatic heterocycles. The molecule has 27 heteroatoms. The zero-order valence-corrected chi connectivity index (χ0v) is 65.1. The summed E-state index contributed by atoms with van der Waals surface area (Å²) in [6.45, 7) is 16.7. The summed E-state index contributed by atoms with van der Waals surface area (Å²) < 4.78 is 42.4. The van der Waals surface area contributed by atoms with Gasteiger partial charge in [0.1, 0.15) is 12.4 Å². The van der Waals surface area contributed by atoms with Gasteiger partial charge in [-0.05, 0) is 118 Å². The van der Waals surface area contributed by atoms with Crippen LogP contribution in [0.3, 0.4) is 0 Å². The molecule has 0 radical (unpaired) electrons. The highest BCUT2D eigenvalue weighted by atomic mass is 32.2. The van der Waals surface area contributed by atoms with Crippen molar-refractivity contribution in [1.29, 1.82) is 0 Å². The van der Waals surface area contributed by atoms with Crippen LogP contribution in [0.2, 0.25) is 0 Å². The number of hydrogen-bond acceptors (Lipinski definition) is 19. The molecule has 1 saturated heterocycles. The van der Waals surface area contributed by atoms with Crippen molar-refractivity contribution in [2.75, 3.05) is 45.9 Å². The summed E-state index contributed by atoms with van der Waals surface area (Å²) >= 11 is 2.55. The Labute approximate surface area is 621 Å². The number of urea groups is 1. The van der Waals surface area contributed by atoms with Crippen molar-refractivity contribution in [1.82, 2.24) is 35.7 Å². The van der Waals surface area contributed by atoms with E-state index in [1.807, 2.05) is 63.1 Å². The number of carbonyl (C=O) groups is 10. The van der Waals surface area contributed by atoms with Gasteiger partial charge in [-0.2, -0.15) is 0 Å². The van der Waals surface area contributed by atoms with Crippen molar-refractivity contribution in [2.24, 2.45) is 41.2 Å². The summed E-state index contributed by atoms with van der Waals surface area (Å²) in [6.07, 6.45) is 6.51. The number of ether oxygens (including phenoxy) is 3. The largest absolute Gasteiger partial charge is 0.445 e. The highest BCUT2D eigenvalue weighted by molar-refractivity contribution is 7.92. The number of aromatic nitrogens is 2. The fraction of sp³-hybridized carbons (Fsp3) is 0.584. The van der Waals surface area contributed by atoms with Gasteiger partial charge in [-0.25, -0.2) is 28.0 Å². The number of Topliss-reactive ketones (excluding diaryl/α,β-unsaturated/α-hetero) is 4. The Kier molecular flexibility index (Phi) is 33.2. The van der Waals surface area contributed by atoms with Gasteiger partial charge in [-0.3, -0.25) is 38.4 Å². The molecule has 1 fully saturated rings. The van der Waals surface area contributed by atoms with Crippen LogP contribution in [0.5, 0.6) is 0 Å². The number of nitrogens with one attached hydrogen (secondary N) is 4. The first-order chi connectivity index (χ1) is 49.3. The Morgan fingerprint density at radius 3 is 2.12 bits per heavy atom. The van der Waals surface area contributed by atoms with Crippen molar-refractivity contribution in [3.8, 4) is 0 Å². The maximum Gasteiger partial charge on any atom is 0.408 e. The van der Waals surface area contributed by atoms with Crippen LogP contribution in [-0.4, -0.2) is 164 Å². The Morgan fingerprint density at radius 1 is 0.808 bits per heavy atom. The summed E-state index contributed by atoms with van der Waals surface area (Å²) in [4.78, 5) is 149. The topological polar surface area (TPSA) is 339 Å². The Balaban J connectivity index is 0.983. The van der Waals surface area contributed by atoms with Gasteiger partial charge in [0, 0.05) is 119 Å². The fourth-order valence-corrected chi connectivity index (χ4v) is 16.2. The molecule has 1 aliphatic heterocycles. The molecule has 24 nitrogen and oxygen atoms in total. The van der Waals surface area contributed by atoms with Crippen LogP contribution in [0.15, 0.2) is 88.7 Å². The van der Waals surface area contributed by atoms with Gasteiger partial charge in [0.25, 0.3) is 0 Å². The number of thiazole rings is 2. The highest BCUT2D eigenvalue weighted by Crippen LogP contribution is 2.35. The zero-order chi connectivity index (χ0) is 76.6. The average Bonchev–Trinajstić information content (AvgIpc) is 1.49. The van der Waals surface area contributed by atoms with Crippen molar-refractivity contribution >= 4 is 107 Å². The van der Waals surface area contributed by atoms with E-state index in [0.717, 1.165) is 34.6 Å². The molecular formula is C77H109N9O15S3. The lowest BCUT2D eigenvalue weighted by atomic mass is 9.83. The maximum atomic E-state index is 14.8. The molecule has 1 aliphatic rings. The van der Waals surface area contributed by atoms with E-state index in [2.05, 4.69) is 43.4 Å². The third-order valence-corrected chi connectivity index (χ3v) is 23.5. The van der Waals surface area contributed by atoms with E-state index >= 15 is 0 Å². The van der Waals surface area contributed by atoms with Crippen LogP contribution < -0.4 is 27.0 Å². The van der Waals surface area contributed by atoms with E-state index in [0.29, 0.717) is 84.9 Å². The number of methoxy groups -OCH3 is 2. The number of likely N-dealkylation sites (tertiary alicyclic amines) is 1. The molecule has 0 aliphatic carbocycles. The molecule has 5 aromatic rings. The van der Waals surface area contributed by atoms with Gasteiger partial charge < -0.3 is 51.0 Å². The predicted octanol–water partition coefficient (Wildman–Crippen LogP) is 11.6. The summed E-state index contributed by atoms with van der Waals surface area (Å²) in [5.74, 6) is -5.18. The maximum absolute atomic E-state index is 14.8. The minimum atomic E-state index is -3.48. The zero-order valence-electron chi connectivity index (χ0n) is 62.7. The van der Waals surface area contributed by atoms with Gasteiger partial charge in [0.15, 0.2) is 17.3 Å². The van der Waals surface area contributed by atoms with Crippen molar-refractivity contribution < 1.29 is 70.6 Å². The molecule has 0 saturated carbocycles. The van der Waals surface area contributed by atoms with E-state index in [1.54, 1.807) is 95.4 Å². The molecule has 0 unspecified atom stereocenters. The van der Waals surface area contributed by atoms with Gasteiger partial charge >= 0.3 is 12.1 Å². The van der Waals surface area contributed by atoms with Crippen LogP contribution in [0.1, 0.15) is 191 Å². The number of nitrogens with zero attached hydrogens (tertiary/aromatic N) is 4. The molecular weight excluding hydrogens is 1390 g/mol. The Hall–Kier alpha value is -7.85. The molecule has 3 aromatic carbocycles. The Bertz CT molecular complexity index is 3810. The van der Waals surface area contributed by atoms with E-state index < -0.39 is 81.2 Å². The van der Waals surface area contributed by atoms with Crippen LogP contribution in [0, 0.1) is 35.5 Å². The number of nitrogens with two attached hydrogens (primary N) is 1. The molecule has 0 bridgehead atoms. The van der Waals surface area contributed by atoms with Gasteiger partial charge in [0.05, 0.1) is 57.5 Å². The van der Waals surface area contributed by atoms with Crippen molar-refractivity contribution in [3.63, 3.8) is 0 Å². The molecule has 104 heavy (non-hydrogen) atoms. The SMILES string of the molecule is CC[C@H](C)[C@@H]([C@@H](CC(=O)N1CCC[C@H]1[C@H](OC)[C@@H](C)C(=O)C[C@@H](Cc1ccccc1)c1nccs1)OC)N(C)C(=O)[C@@H](CC(=O)C(C)(C)NC(=O)OCc1ccc(NC(=O)[C@H](CCCNC(N)=O)CC(=O)[C@@H](NC(=O)CCCCCCC(=O)c2ccc3nc(S(C)(=O)=O)sc3c2)C(C)C)cc1)C(C)C. The number of fused-ring (bicyclic) bond motifs is 1. The van der Waals surface area contributed by atoms with Crippen molar-refractivity contribution in [3.05, 3.63) is 106 Å². The fourth-order valence-electron chi connectivity index (χ4n) is 13.5. The van der Waals surface area contributed by atoms with E-state index in [9.17, 15) is 56.4 Å². The van der Waals surface area contributed by atoms with Crippen molar-refractivity contribution in [2.45, 2.75) is 218 Å². The van der Waals surface area contributed by atoms with Crippen LogP contribution in [-0.2, 0) is 70.6 Å².